The Morgan fingerprint density at radius 2 is 1.71 bits per heavy atom. The molecular formula is C22H23ClN4O. The van der Waals surface area contributed by atoms with Crippen LogP contribution >= 0.6 is 11.6 Å². The van der Waals surface area contributed by atoms with Crippen molar-refractivity contribution in [2.45, 2.75) is 44.2 Å². The summed E-state index contributed by atoms with van der Waals surface area (Å²) in [6.07, 6.45) is 7.16. The lowest BCUT2D eigenvalue weighted by molar-refractivity contribution is -0.126. The van der Waals surface area contributed by atoms with Crippen molar-refractivity contribution >= 4 is 17.5 Å². The first-order valence-electron chi connectivity index (χ1n) is 9.60. The molecule has 5 nitrogen and oxygen atoms in total. The molecule has 0 saturated heterocycles. The van der Waals surface area contributed by atoms with Gasteiger partial charge in [-0.1, -0.05) is 60.8 Å². The van der Waals surface area contributed by atoms with Gasteiger partial charge >= 0.3 is 0 Å². The van der Waals surface area contributed by atoms with E-state index in [1.807, 2.05) is 24.3 Å². The molecule has 0 unspecified atom stereocenters. The van der Waals surface area contributed by atoms with Gasteiger partial charge in [0.1, 0.15) is 12.7 Å². The second-order valence-electron chi connectivity index (χ2n) is 7.39. The topological polar surface area (TPSA) is 59.8 Å². The molecule has 28 heavy (non-hydrogen) atoms. The molecule has 0 atom stereocenters. The molecule has 0 aliphatic heterocycles. The molecule has 0 radical (unpaired) electrons. The highest BCUT2D eigenvalue weighted by Crippen LogP contribution is 2.41. The molecule has 2 aromatic carbocycles. The fourth-order valence-corrected chi connectivity index (χ4v) is 4.14. The smallest absolute Gasteiger partial charge is 0.230 e. The standard InChI is InChI=1S/C22H23ClN4O/c23-20-9-7-19(8-10-20)22(11-1-2-12-22)21(28)25-13-17-3-5-18(6-4-17)14-27-16-24-15-26-27/h3-10,15-16H,1-2,11-14H2,(H,25,28). The molecule has 4 rings (SSSR count). The molecular weight excluding hydrogens is 372 g/mol. The summed E-state index contributed by atoms with van der Waals surface area (Å²) in [5.74, 6) is 0.110. The van der Waals surface area contributed by atoms with Crippen molar-refractivity contribution in [1.29, 1.82) is 0 Å². The van der Waals surface area contributed by atoms with Gasteiger partial charge in [0, 0.05) is 11.6 Å². The van der Waals surface area contributed by atoms with E-state index in [9.17, 15) is 4.79 Å². The maximum Gasteiger partial charge on any atom is 0.230 e. The molecule has 1 fully saturated rings. The van der Waals surface area contributed by atoms with Gasteiger partial charge in [0.15, 0.2) is 0 Å². The van der Waals surface area contributed by atoms with E-state index in [0.717, 1.165) is 42.4 Å². The lowest BCUT2D eigenvalue weighted by Crippen LogP contribution is -2.42. The molecule has 144 valence electrons. The Bertz CT molecular complexity index is 914. The number of amides is 1. The average molecular weight is 395 g/mol. The minimum Gasteiger partial charge on any atom is -0.351 e. The third-order valence-electron chi connectivity index (χ3n) is 5.58. The van der Waals surface area contributed by atoms with Crippen LogP contribution in [0, 0.1) is 0 Å². The lowest BCUT2D eigenvalue weighted by atomic mass is 9.78. The van der Waals surface area contributed by atoms with Gasteiger partial charge in [-0.3, -0.25) is 4.79 Å². The van der Waals surface area contributed by atoms with Crippen LogP contribution < -0.4 is 5.32 Å². The molecule has 0 bridgehead atoms. The Balaban J connectivity index is 1.41. The monoisotopic (exact) mass is 394 g/mol. The highest BCUT2D eigenvalue weighted by molar-refractivity contribution is 6.30. The van der Waals surface area contributed by atoms with Crippen molar-refractivity contribution in [2.24, 2.45) is 0 Å². The first-order valence-corrected chi connectivity index (χ1v) is 9.98. The number of nitrogens with zero attached hydrogens (tertiary/aromatic N) is 3. The molecule has 1 amide bonds. The normalized spacial score (nSPS) is 15.5. The molecule has 1 heterocycles. The summed E-state index contributed by atoms with van der Waals surface area (Å²) in [4.78, 5) is 17.1. The predicted molar refractivity (Wildman–Crippen MR) is 109 cm³/mol. The SMILES string of the molecule is O=C(NCc1ccc(Cn2cncn2)cc1)C1(c2ccc(Cl)cc2)CCCC1. The van der Waals surface area contributed by atoms with Crippen LogP contribution in [0.15, 0.2) is 61.2 Å². The summed E-state index contributed by atoms with van der Waals surface area (Å²) in [5, 5.41) is 7.98. The van der Waals surface area contributed by atoms with Crippen molar-refractivity contribution in [2.75, 3.05) is 0 Å². The summed E-state index contributed by atoms with van der Waals surface area (Å²) in [5.41, 5.74) is 2.86. The lowest BCUT2D eigenvalue weighted by Gasteiger charge is -2.28. The van der Waals surface area contributed by atoms with Crippen LogP contribution in [0.3, 0.4) is 0 Å². The third kappa shape index (κ3) is 3.94. The van der Waals surface area contributed by atoms with E-state index in [0.29, 0.717) is 18.1 Å². The molecule has 1 aromatic heterocycles. The van der Waals surface area contributed by atoms with Gasteiger partial charge in [0.25, 0.3) is 0 Å². The van der Waals surface area contributed by atoms with E-state index >= 15 is 0 Å². The van der Waals surface area contributed by atoms with Crippen LogP contribution in [0.1, 0.15) is 42.4 Å². The van der Waals surface area contributed by atoms with Crippen LogP contribution in [0.5, 0.6) is 0 Å². The fraction of sp³-hybridized carbons (Fsp3) is 0.318. The predicted octanol–water partition coefficient (Wildman–Crippen LogP) is 4.11. The summed E-state index contributed by atoms with van der Waals surface area (Å²) in [6, 6.07) is 16.0. The number of hydrogen-bond acceptors (Lipinski definition) is 3. The second-order valence-corrected chi connectivity index (χ2v) is 7.82. The van der Waals surface area contributed by atoms with Gasteiger partial charge in [0.2, 0.25) is 5.91 Å². The van der Waals surface area contributed by atoms with E-state index in [4.69, 9.17) is 11.6 Å². The Hall–Kier alpha value is -2.66. The summed E-state index contributed by atoms with van der Waals surface area (Å²) in [6.45, 7) is 1.21. The molecule has 1 aliphatic carbocycles. The first kappa shape index (κ1) is 18.7. The van der Waals surface area contributed by atoms with Crippen molar-refractivity contribution in [1.82, 2.24) is 20.1 Å². The molecule has 6 heteroatoms. The maximum absolute atomic E-state index is 13.1. The van der Waals surface area contributed by atoms with Crippen LogP contribution in [-0.4, -0.2) is 20.7 Å². The highest BCUT2D eigenvalue weighted by Gasteiger charge is 2.42. The summed E-state index contributed by atoms with van der Waals surface area (Å²) in [7, 11) is 0. The van der Waals surface area contributed by atoms with Gasteiger partial charge in [-0.05, 0) is 41.7 Å². The fourth-order valence-electron chi connectivity index (χ4n) is 4.01. The third-order valence-corrected chi connectivity index (χ3v) is 5.83. The summed E-state index contributed by atoms with van der Waals surface area (Å²) >= 11 is 6.03. The van der Waals surface area contributed by atoms with Gasteiger partial charge in [-0.25, -0.2) is 9.67 Å². The zero-order valence-corrected chi connectivity index (χ0v) is 16.4. The number of carbonyl (C=O) groups is 1. The zero-order chi connectivity index (χ0) is 19.4. The van der Waals surface area contributed by atoms with Crippen molar-refractivity contribution in [3.05, 3.63) is 82.9 Å². The largest absolute Gasteiger partial charge is 0.351 e. The van der Waals surface area contributed by atoms with Crippen LogP contribution in [-0.2, 0) is 23.3 Å². The second kappa shape index (κ2) is 8.15. The van der Waals surface area contributed by atoms with E-state index < -0.39 is 5.41 Å². The minimum absolute atomic E-state index is 0.110. The van der Waals surface area contributed by atoms with Gasteiger partial charge in [0.05, 0.1) is 12.0 Å². The van der Waals surface area contributed by atoms with Gasteiger partial charge in [-0.15, -0.1) is 0 Å². The Kier molecular flexibility index (Phi) is 5.44. The molecule has 1 saturated carbocycles. The van der Waals surface area contributed by atoms with Crippen molar-refractivity contribution in [3.8, 4) is 0 Å². The van der Waals surface area contributed by atoms with Gasteiger partial charge < -0.3 is 5.32 Å². The summed E-state index contributed by atoms with van der Waals surface area (Å²) < 4.78 is 1.78. The first-order chi connectivity index (χ1) is 13.7. The van der Waals surface area contributed by atoms with Crippen molar-refractivity contribution in [3.63, 3.8) is 0 Å². The molecule has 1 aliphatic rings. The zero-order valence-electron chi connectivity index (χ0n) is 15.6. The maximum atomic E-state index is 13.1. The van der Waals surface area contributed by atoms with Crippen molar-refractivity contribution < 1.29 is 4.79 Å². The van der Waals surface area contributed by atoms with E-state index in [2.05, 4.69) is 39.7 Å². The Morgan fingerprint density at radius 1 is 1.04 bits per heavy atom. The van der Waals surface area contributed by atoms with E-state index in [1.54, 1.807) is 11.0 Å². The Labute approximate surface area is 169 Å². The molecule has 3 aromatic rings. The number of carbonyl (C=O) groups excluding carboxylic acids is 1. The number of benzene rings is 2. The molecule has 1 N–H and O–H groups in total. The van der Waals surface area contributed by atoms with Crippen LogP contribution in [0.25, 0.3) is 0 Å². The van der Waals surface area contributed by atoms with E-state index in [-0.39, 0.29) is 5.91 Å². The highest BCUT2D eigenvalue weighted by atomic mass is 35.5. The number of hydrogen-bond donors (Lipinski definition) is 1. The van der Waals surface area contributed by atoms with Gasteiger partial charge in [-0.2, -0.15) is 5.10 Å². The Morgan fingerprint density at radius 3 is 2.36 bits per heavy atom. The van der Waals surface area contributed by atoms with E-state index in [1.165, 1.54) is 6.33 Å². The average Bonchev–Trinajstić information content (AvgIpc) is 3.40. The van der Waals surface area contributed by atoms with Crippen LogP contribution in [0.4, 0.5) is 0 Å². The number of rotatable bonds is 6. The molecule has 0 spiro atoms. The van der Waals surface area contributed by atoms with Crippen LogP contribution in [0.2, 0.25) is 5.02 Å². The quantitative estimate of drug-likeness (QED) is 0.684. The number of nitrogens with one attached hydrogen (secondary N) is 1. The minimum atomic E-state index is -0.433. The number of aromatic nitrogens is 3. The number of halogens is 1.